The number of aryl methyl sites for hydroxylation is 1. The minimum absolute atomic E-state index is 0.0267. The Balaban J connectivity index is 2.56. The van der Waals surface area contributed by atoms with Gasteiger partial charge in [-0.25, -0.2) is 13.2 Å². The maximum Gasteiger partial charge on any atom is 0.141 e. The topological polar surface area (TPSA) is 24.9 Å². The molecular weight excluding hydrogens is 277 g/mol. The first-order valence-corrected chi connectivity index (χ1v) is 6.72. The molecule has 0 bridgehead atoms. The summed E-state index contributed by atoms with van der Waals surface area (Å²) in [5, 5.41) is 3.08. The number of rotatable bonds is 4. The molecule has 21 heavy (non-hydrogen) atoms. The quantitative estimate of drug-likeness (QED) is 0.925. The molecule has 2 nitrogen and oxygen atoms in total. The molecule has 0 aliphatic rings. The lowest BCUT2D eigenvalue weighted by Crippen LogP contribution is -2.31. The van der Waals surface area contributed by atoms with Crippen molar-refractivity contribution in [3.8, 4) is 0 Å². The van der Waals surface area contributed by atoms with Crippen LogP contribution in [0, 0.1) is 24.4 Å². The molecule has 0 fully saturated rings. The average molecular weight is 294 g/mol. The predicted octanol–water partition coefficient (Wildman–Crippen LogP) is 3.89. The second-order valence-corrected chi connectivity index (χ2v) is 5.25. The Labute approximate surface area is 122 Å². The van der Waals surface area contributed by atoms with E-state index < -0.39 is 23.5 Å². The van der Waals surface area contributed by atoms with E-state index in [-0.39, 0.29) is 11.6 Å². The zero-order valence-electron chi connectivity index (χ0n) is 12.1. The summed E-state index contributed by atoms with van der Waals surface area (Å²) in [5.41, 5.74) is 0.625. The standard InChI is InChI=1S/C16H17F3N2/c1-9(2)21-16(13-7-5-11(17)8-20-13)14-12(18)6-4-10(3)15(14)19/h4-9,16,21H,1-3H3. The van der Waals surface area contributed by atoms with Gasteiger partial charge in [0.05, 0.1) is 17.9 Å². The lowest BCUT2D eigenvalue weighted by atomic mass is 9.98. The molecule has 0 radical (unpaired) electrons. The Morgan fingerprint density at radius 2 is 1.76 bits per heavy atom. The minimum Gasteiger partial charge on any atom is -0.303 e. The molecule has 0 amide bonds. The fourth-order valence-corrected chi connectivity index (χ4v) is 2.15. The normalized spacial score (nSPS) is 12.7. The molecule has 1 unspecified atom stereocenters. The van der Waals surface area contributed by atoms with E-state index in [1.807, 2.05) is 13.8 Å². The second kappa shape index (κ2) is 6.26. The molecule has 2 aromatic rings. The zero-order valence-corrected chi connectivity index (χ0v) is 12.1. The summed E-state index contributed by atoms with van der Waals surface area (Å²) >= 11 is 0. The number of hydrogen-bond donors (Lipinski definition) is 1. The molecule has 0 spiro atoms. The summed E-state index contributed by atoms with van der Waals surface area (Å²) in [7, 11) is 0. The summed E-state index contributed by atoms with van der Waals surface area (Å²) in [5.74, 6) is -1.76. The van der Waals surface area contributed by atoms with Crippen molar-refractivity contribution in [1.82, 2.24) is 10.3 Å². The van der Waals surface area contributed by atoms with Crippen molar-refractivity contribution in [2.45, 2.75) is 32.9 Å². The van der Waals surface area contributed by atoms with Crippen LogP contribution in [0.2, 0.25) is 0 Å². The monoisotopic (exact) mass is 294 g/mol. The van der Waals surface area contributed by atoms with E-state index in [0.29, 0.717) is 11.3 Å². The molecule has 1 aromatic heterocycles. The first-order chi connectivity index (χ1) is 9.90. The number of pyridine rings is 1. The van der Waals surface area contributed by atoms with Crippen LogP contribution in [0.1, 0.15) is 36.7 Å². The van der Waals surface area contributed by atoms with Gasteiger partial charge >= 0.3 is 0 Å². The van der Waals surface area contributed by atoms with Crippen molar-refractivity contribution in [2.75, 3.05) is 0 Å². The first-order valence-electron chi connectivity index (χ1n) is 6.72. The highest BCUT2D eigenvalue weighted by Gasteiger charge is 2.24. The van der Waals surface area contributed by atoms with Gasteiger partial charge in [0.1, 0.15) is 17.5 Å². The van der Waals surface area contributed by atoms with Crippen LogP contribution in [0.25, 0.3) is 0 Å². The van der Waals surface area contributed by atoms with E-state index >= 15 is 0 Å². The van der Waals surface area contributed by atoms with E-state index in [4.69, 9.17) is 0 Å². The van der Waals surface area contributed by atoms with Crippen LogP contribution in [0.4, 0.5) is 13.2 Å². The smallest absolute Gasteiger partial charge is 0.141 e. The van der Waals surface area contributed by atoms with Gasteiger partial charge in [-0.2, -0.15) is 0 Å². The average Bonchev–Trinajstić information content (AvgIpc) is 2.43. The Bertz CT molecular complexity index is 624. The number of halogens is 3. The van der Waals surface area contributed by atoms with Crippen molar-refractivity contribution in [1.29, 1.82) is 0 Å². The molecule has 0 saturated heterocycles. The molecule has 5 heteroatoms. The van der Waals surface area contributed by atoms with Gasteiger partial charge in [0, 0.05) is 11.6 Å². The second-order valence-electron chi connectivity index (χ2n) is 5.25. The van der Waals surface area contributed by atoms with Gasteiger partial charge in [0.25, 0.3) is 0 Å². The number of nitrogens with one attached hydrogen (secondary N) is 1. The SMILES string of the molecule is Cc1ccc(F)c(C(NC(C)C)c2ccc(F)cn2)c1F. The number of nitrogens with zero attached hydrogens (tertiary/aromatic N) is 1. The maximum atomic E-state index is 14.3. The van der Waals surface area contributed by atoms with Gasteiger partial charge in [-0.3, -0.25) is 4.98 Å². The van der Waals surface area contributed by atoms with Gasteiger partial charge < -0.3 is 5.32 Å². The van der Waals surface area contributed by atoms with Crippen molar-refractivity contribution in [3.63, 3.8) is 0 Å². The van der Waals surface area contributed by atoms with Crippen LogP contribution in [-0.2, 0) is 0 Å². The largest absolute Gasteiger partial charge is 0.303 e. The van der Waals surface area contributed by atoms with Crippen molar-refractivity contribution in [3.05, 3.63) is 64.7 Å². The molecule has 1 aromatic carbocycles. The highest BCUT2D eigenvalue weighted by atomic mass is 19.1. The lowest BCUT2D eigenvalue weighted by molar-refractivity contribution is 0.465. The van der Waals surface area contributed by atoms with Crippen LogP contribution >= 0.6 is 0 Å². The van der Waals surface area contributed by atoms with Crippen LogP contribution in [0.3, 0.4) is 0 Å². The van der Waals surface area contributed by atoms with Crippen LogP contribution in [-0.4, -0.2) is 11.0 Å². The highest BCUT2D eigenvalue weighted by molar-refractivity contribution is 5.34. The molecule has 2 rings (SSSR count). The minimum atomic E-state index is -0.773. The Hall–Kier alpha value is -1.88. The Morgan fingerprint density at radius 1 is 1.05 bits per heavy atom. The maximum absolute atomic E-state index is 14.3. The van der Waals surface area contributed by atoms with Crippen molar-refractivity contribution >= 4 is 0 Å². The molecule has 1 heterocycles. The Kier molecular flexibility index (Phi) is 4.63. The molecule has 0 saturated carbocycles. The van der Waals surface area contributed by atoms with E-state index in [1.165, 1.54) is 24.3 Å². The Morgan fingerprint density at radius 3 is 2.33 bits per heavy atom. The zero-order chi connectivity index (χ0) is 15.6. The van der Waals surface area contributed by atoms with E-state index in [2.05, 4.69) is 10.3 Å². The number of hydrogen-bond acceptors (Lipinski definition) is 2. The molecule has 0 aliphatic heterocycles. The van der Waals surface area contributed by atoms with Gasteiger partial charge in [-0.1, -0.05) is 6.07 Å². The third-order valence-electron chi connectivity index (χ3n) is 3.15. The number of aromatic nitrogens is 1. The van der Waals surface area contributed by atoms with Crippen LogP contribution in [0.5, 0.6) is 0 Å². The van der Waals surface area contributed by atoms with E-state index in [9.17, 15) is 13.2 Å². The summed E-state index contributed by atoms with van der Waals surface area (Å²) in [4.78, 5) is 3.95. The van der Waals surface area contributed by atoms with Gasteiger partial charge in [-0.15, -0.1) is 0 Å². The fraction of sp³-hybridized carbons (Fsp3) is 0.312. The van der Waals surface area contributed by atoms with Gasteiger partial charge in [-0.05, 0) is 44.5 Å². The predicted molar refractivity (Wildman–Crippen MR) is 75.4 cm³/mol. The first kappa shape index (κ1) is 15.5. The summed E-state index contributed by atoms with van der Waals surface area (Å²) in [6, 6.07) is 4.47. The molecule has 112 valence electrons. The molecule has 0 aliphatic carbocycles. The fourth-order valence-electron chi connectivity index (χ4n) is 2.15. The van der Waals surface area contributed by atoms with Crippen molar-refractivity contribution < 1.29 is 13.2 Å². The highest BCUT2D eigenvalue weighted by Crippen LogP contribution is 2.28. The van der Waals surface area contributed by atoms with Gasteiger partial charge in [0.2, 0.25) is 0 Å². The summed E-state index contributed by atoms with van der Waals surface area (Å²) in [6.45, 7) is 5.30. The van der Waals surface area contributed by atoms with Crippen molar-refractivity contribution in [2.24, 2.45) is 0 Å². The molecule has 1 N–H and O–H groups in total. The van der Waals surface area contributed by atoms with Crippen LogP contribution < -0.4 is 5.32 Å². The number of benzene rings is 1. The lowest BCUT2D eigenvalue weighted by Gasteiger charge is -2.23. The van der Waals surface area contributed by atoms with Crippen LogP contribution in [0.15, 0.2) is 30.5 Å². The van der Waals surface area contributed by atoms with E-state index in [1.54, 1.807) is 6.92 Å². The van der Waals surface area contributed by atoms with E-state index in [0.717, 1.165) is 6.20 Å². The molecular formula is C16H17F3N2. The third-order valence-corrected chi connectivity index (χ3v) is 3.15. The third kappa shape index (κ3) is 3.42. The van der Waals surface area contributed by atoms with Gasteiger partial charge in [0.15, 0.2) is 0 Å². The summed E-state index contributed by atoms with van der Waals surface area (Å²) in [6.07, 6.45) is 1.04. The molecule has 1 atom stereocenters. The summed E-state index contributed by atoms with van der Waals surface area (Å²) < 4.78 is 41.5.